The van der Waals surface area contributed by atoms with Gasteiger partial charge in [0, 0.05) is 31.6 Å². The first kappa shape index (κ1) is 18.8. The number of carbonyl (C=O) groups is 3. The summed E-state index contributed by atoms with van der Waals surface area (Å²) in [6, 6.07) is -1.27. The lowest BCUT2D eigenvalue weighted by atomic mass is 10.0. The van der Waals surface area contributed by atoms with Crippen LogP contribution in [0.25, 0.3) is 0 Å². The molecule has 0 aromatic rings. The molecule has 0 saturated carbocycles. The summed E-state index contributed by atoms with van der Waals surface area (Å²) in [7, 11) is 1.19. The highest BCUT2D eigenvalue weighted by atomic mass is 16.6. The van der Waals surface area contributed by atoms with Gasteiger partial charge in [0.15, 0.2) is 6.10 Å². The monoisotopic (exact) mass is 305 g/mol. The number of methoxy groups -OCH3 is 1. The first-order valence-corrected chi connectivity index (χ1v) is 6.28. The maximum Gasteiger partial charge on any atom is 0.305 e. The van der Waals surface area contributed by atoms with Crippen LogP contribution in [0.5, 0.6) is 0 Å². The Morgan fingerprint density at radius 1 is 1.14 bits per heavy atom. The van der Waals surface area contributed by atoms with Crippen LogP contribution >= 0.6 is 0 Å². The topological polar surface area (TPSA) is 122 Å². The molecule has 0 heterocycles. The van der Waals surface area contributed by atoms with Gasteiger partial charge in [-0.05, 0) is 0 Å². The lowest BCUT2D eigenvalue weighted by molar-refractivity contribution is -0.535. The lowest BCUT2D eigenvalue weighted by Gasteiger charge is -2.20. The van der Waals surface area contributed by atoms with E-state index in [0.29, 0.717) is 0 Å². The Bertz CT molecular complexity index is 395. The van der Waals surface area contributed by atoms with E-state index < -0.39 is 35.0 Å². The zero-order valence-electron chi connectivity index (χ0n) is 12.2. The molecule has 0 aromatic carbocycles. The van der Waals surface area contributed by atoms with Crippen molar-refractivity contribution in [3.8, 4) is 0 Å². The number of nitrogens with zero attached hydrogens (tertiary/aromatic N) is 1. The molecule has 120 valence electrons. The molecule has 0 amide bonds. The van der Waals surface area contributed by atoms with E-state index in [9.17, 15) is 24.5 Å². The normalized spacial score (nSPS) is 12.9. The van der Waals surface area contributed by atoms with E-state index in [0.717, 1.165) is 6.92 Å². The Morgan fingerprint density at radius 3 is 2.19 bits per heavy atom. The largest absolute Gasteiger partial charge is 0.469 e. The van der Waals surface area contributed by atoms with Gasteiger partial charge >= 0.3 is 17.9 Å². The van der Waals surface area contributed by atoms with Gasteiger partial charge in [0.05, 0.1) is 20.1 Å². The number of hydrogen-bond acceptors (Lipinski definition) is 8. The second-order valence-corrected chi connectivity index (χ2v) is 4.24. The molecular formula is C12H19NO8. The maximum absolute atomic E-state index is 11.1. The number of esters is 3. The Labute approximate surface area is 121 Å². The number of nitro groups is 1. The number of hydrogen-bond donors (Lipinski definition) is 0. The Morgan fingerprint density at radius 2 is 1.76 bits per heavy atom. The fourth-order valence-corrected chi connectivity index (χ4v) is 1.66. The van der Waals surface area contributed by atoms with Crippen molar-refractivity contribution in [3.63, 3.8) is 0 Å². The molecule has 0 aromatic heterocycles. The fourth-order valence-electron chi connectivity index (χ4n) is 1.66. The van der Waals surface area contributed by atoms with Crippen molar-refractivity contribution < 1.29 is 33.5 Å². The van der Waals surface area contributed by atoms with Gasteiger partial charge in [-0.1, -0.05) is 0 Å². The fraction of sp³-hybridized carbons (Fsp3) is 0.750. The molecule has 0 aliphatic carbocycles. The average Bonchev–Trinajstić information content (AvgIpc) is 2.38. The van der Waals surface area contributed by atoms with Crippen LogP contribution in [0.2, 0.25) is 0 Å². The van der Waals surface area contributed by atoms with Crippen LogP contribution in [-0.2, 0) is 28.6 Å². The summed E-state index contributed by atoms with van der Waals surface area (Å²) in [5.74, 6) is -1.81. The van der Waals surface area contributed by atoms with E-state index in [4.69, 9.17) is 4.74 Å². The third-order valence-corrected chi connectivity index (χ3v) is 2.60. The van der Waals surface area contributed by atoms with Gasteiger partial charge in [0.1, 0.15) is 0 Å². The molecule has 0 radical (unpaired) electrons. The predicted molar refractivity (Wildman–Crippen MR) is 68.8 cm³/mol. The molecule has 2 atom stereocenters. The van der Waals surface area contributed by atoms with Crippen LogP contribution in [-0.4, -0.2) is 48.7 Å². The molecule has 0 spiro atoms. The van der Waals surface area contributed by atoms with Gasteiger partial charge < -0.3 is 14.2 Å². The van der Waals surface area contributed by atoms with E-state index in [-0.39, 0.29) is 25.9 Å². The summed E-state index contributed by atoms with van der Waals surface area (Å²) in [5.41, 5.74) is 0. The minimum atomic E-state index is -1.27. The van der Waals surface area contributed by atoms with E-state index in [2.05, 4.69) is 9.47 Å². The summed E-state index contributed by atoms with van der Waals surface area (Å²) in [4.78, 5) is 43.2. The smallest absolute Gasteiger partial charge is 0.305 e. The van der Waals surface area contributed by atoms with Crippen molar-refractivity contribution in [1.82, 2.24) is 0 Å². The third kappa shape index (κ3) is 8.56. The van der Waals surface area contributed by atoms with Gasteiger partial charge in [0.25, 0.3) is 6.04 Å². The predicted octanol–water partition coefficient (Wildman–Crippen LogP) is 0.470. The van der Waals surface area contributed by atoms with Crippen molar-refractivity contribution >= 4 is 17.9 Å². The first-order valence-electron chi connectivity index (χ1n) is 6.28. The highest BCUT2D eigenvalue weighted by Crippen LogP contribution is 2.15. The summed E-state index contributed by atoms with van der Waals surface area (Å²) in [6.45, 7) is 2.13. The molecule has 0 rings (SSSR count). The van der Waals surface area contributed by atoms with Gasteiger partial charge in [-0.25, -0.2) is 0 Å². The molecule has 0 aliphatic rings. The highest BCUT2D eigenvalue weighted by Gasteiger charge is 2.34. The third-order valence-electron chi connectivity index (χ3n) is 2.60. The molecular weight excluding hydrogens is 286 g/mol. The van der Waals surface area contributed by atoms with E-state index in [1.54, 1.807) is 0 Å². The van der Waals surface area contributed by atoms with Gasteiger partial charge in [0.2, 0.25) is 0 Å². The van der Waals surface area contributed by atoms with Crippen molar-refractivity contribution in [2.24, 2.45) is 0 Å². The minimum absolute atomic E-state index is 0.0437. The summed E-state index contributed by atoms with van der Waals surface area (Å²) in [5, 5.41) is 11.1. The quantitative estimate of drug-likeness (QED) is 0.261. The van der Waals surface area contributed by atoms with Crippen LogP contribution in [0.4, 0.5) is 0 Å². The first-order chi connectivity index (χ1) is 9.77. The minimum Gasteiger partial charge on any atom is -0.469 e. The van der Waals surface area contributed by atoms with Gasteiger partial charge in [-0.15, -0.1) is 0 Å². The molecule has 0 saturated heterocycles. The molecule has 21 heavy (non-hydrogen) atoms. The van der Waals surface area contributed by atoms with Crippen LogP contribution in [0, 0.1) is 10.1 Å². The van der Waals surface area contributed by atoms with E-state index in [1.165, 1.54) is 14.0 Å². The van der Waals surface area contributed by atoms with Crippen molar-refractivity contribution in [3.05, 3.63) is 10.1 Å². The van der Waals surface area contributed by atoms with Crippen LogP contribution in [0.3, 0.4) is 0 Å². The Hall–Kier alpha value is -2.19. The van der Waals surface area contributed by atoms with Gasteiger partial charge in [-0.2, -0.15) is 0 Å². The van der Waals surface area contributed by atoms with Gasteiger partial charge in [-0.3, -0.25) is 24.5 Å². The van der Waals surface area contributed by atoms with Crippen molar-refractivity contribution in [1.29, 1.82) is 0 Å². The second-order valence-electron chi connectivity index (χ2n) is 4.24. The Kier molecular flexibility index (Phi) is 8.66. The lowest BCUT2D eigenvalue weighted by Crippen LogP contribution is -2.38. The highest BCUT2D eigenvalue weighted by molar-refractivity contribution is 5.69. The maximum atomic E-state index is 11.1. The van der Waals surface area contributed by atoms with Crippen LogP contribution in [0.15, 0.2) is 0 Å². The number of rotatable bonds is 9. The second kappa shape index (κ2) is 9.67. The molecule has 0 bridgehead atoms. The molecule has 2 unspecified atom stereocenters. The average molecular weight is 305 g/mol. The van der Waals surface area contributed by atoms with Crippen LogP contribution in [0.1, 0.15) is 33.1 Å². The SMILES string of the molecule is COC(=O)CCC(OC(C)=O)C(CCOC(C)=O)[N+](=O)[O-]. The van der Waals surface area contributed by atoms with Crippen molar-refractivity contribution in [2.45, 2.75) is 45.3 Å². The van der Waals surface area contributed by atoms with Crippen LogP contribution < -0.4 is 0 Å². The zero-order valence-corrected chi connectivity index (χ0v) is 12.2. The molecule has 0 fully saturated rings. The van der Waals surface area contributed by atoms with E-state index in [1.807, 2.05) is 0 Å². The summed E-state index contributed by atoms with van der Waals surface area (Å²) in [6.07, 6.45) is -1.37. The standard InChI is InChI=1S/C12H19NO8/c1-8(14)20-7-6-10(13(17)18)11(21-9(2)15)4-5-12(16)19-3/h10-11H,4-7H2,1-3H3. The van der Waals surface area contributed by atoms with Crippen molar-refractivity contribution in [2.75, 3.05) is 13.7 Å². The molecule has 0 N–H and O–H groups in total. The Balaban J connectivity index is 4.75. The van der Waals surface area contributed by atoms with E-state index >= 15 is 0 Å². The molecule has 9 nitrogen and oxygen atoms in total. The number of carbonyl (C=O) groups excluding carboxylic acids is 3. The summed E-state index contributed by atoms with van der Waals surface area (Å²) >= 11 is 0. The molecule has 9 heteroatoms. The number of ether oxygens (including phenoxy) is 3. The summed E-state index contributed by atoms with van der Waals surface area (Å²) < 4.78 is 14.0. The zero-order chi connectivity index (χ0) is 16.4. The molecule has 0 aliphatic heterocycles.